The van der Waals surface area contributed by atoms with E-state index in [4.69, 9.17) is 18.9 Å². The fraction of sp³-hybridized carbons (Fsp3) is 1.00. The third-order valence-corrected chi connectivity index (χ3v) is 6.29. The van der Waals surface area contributed by atoms with Crippen molar-refractivity contribution in [1.82, 2.24) is 0 Å². The van der Waals surface area contributed by atoms with Crippen LogP contribution in [0.15, 0.2) is 0 Å². The molecule has 0 aromatic rings. The largest absolute Gasteiger partial charge is 0.396 e. The van der Waals surface area contributed by atoms with Crippen molar-refractivity contribution in [3.8, 4) is 0 Å². The number of fused-ring (bicyclic) bond motifs is 3. The van der Waals surface area contributed by atoms with Gasteiger partial charge in [-0.3, -0.25) is 0 Å². The van der Waals surface area contributed by atoms with Crippen molar-refractivity contribution in [1.29, 1.82) is 0 Å². The number of aliphatic hydroxyl groups is 1. The molecule has 3 rings (SSSR count). The molecule has 3 fully saturated rings. The average Bonchev–Trinajstić information content (AvgIpc) is 2.99. The van der Waals surface area contributed by atoms with Crippen molar-refractivity contribution in [2.45, 2.75) is 63.8 Å². The molecule has 5 nitrogen and oxygen atoms in total. The van der Waals surface area contributed by atoms with Gasteiger partial charge < -0.3 is 24.1 Å². The topological polar surface area (TPSA) is 57.2 Å². The van der Waals surface area contributed by atoms with Gasteiger partial charge in [0.25, 0.3) is 0 Å². The van der Waals surface area contributed by atoms with E-state index in [-0.39, 0.29) is 17.6 Å². The number of hydrogen-bond acceptors (Lipinski definition) is 5. The summed E-state index contributed by atoms with van der Waals surface area (Å²) in [5, 5.41) is 9.24. The molecule has 2 aliphatic carbocycles. The summed E-state index contributed by atoms with van der Waals surface area (Å²) in [6.07, 6.45) is 6.42. The van der Waals surface area contributed by atoms with Gasteiger partial charge in [0.15, 0.2) is 5.79 Å². The number of hydrogen-bond donors (Lipinski definition) is 1. The SMILES string of the molecule is COCOC[C@]12CC[C@]3(COC(C)(C)O3)[C@H](C[C@@H]1CCCO)C2. The van der Waals surface area contributed by atoms with Crippen molar-refractivity contribution in [2.24, 2.45) is 17.3 Å². The van der Waals surface area contributed by atoms with E-state index in [0.29, 0.717) is 25.2 Å². The van der Waals surface area contributed by atoms with Gasteiger partial charge in [0.1, 0.15) is 6.79 Å². The molecule has 0 aromatic carbocycles. The van der Waals surface area contributed by atoms with Crippen LogP contribution in [0.1, 0.15) is 52.4 Å². The molecule has 5 heteroatoms. The van der Waals surface area contributed by atoms with Gasteiger partial charge >= 0.3 is 0 Å². The molecular weight excluding hydrogens is 296 g/mol. The van der Waals surface area contributed by atoms with Crippen molar-refractivity contribution in [2.75, 3.05) is 33.7 Å². The summed E-state index contributed by atoms with van der Waals surface area (Å²) in [5.74, 6) is 0.673. The van der Waals surface area contributed by atoms with Gasteiger partial charge in [0.2, 0.25) is 0 Å². The monoisotopic (exact) mass is 328 g/mol. The predicted molar refractivity (Wildman–Crippen MR) is 85.9 cm³/mol. The molecule has 4 atom stereocenters. The van der Waals surface area contributed by atoms with Crippen LogP contribution in [0.5, 0.6) is 0 Å². The summed E-state index contributed by atoms with van der Waals surface area (Å²) in [6, 6.07) is 0. The average molecular weight is 328 g/mol. The zero-order chi connectivity index (χ0) is 16.6. The Kier molecular flexibility index (Phi) is 5.06. The summed E-state index contributed by atoms with van der Waals surface area (Å²) in [7, 11) is 1.67. The van der Waals surface area contributed by atoms with Gasteiger partial charge in [-0.1, -0.05) is 0 Å². The maximum absolute atomic E-state index is 9.24. The Morgan fingerprint density at radius 3 is 2.74 bits per heavy atom. The Bertz CT molecular complexity index is 412. The molecule has 23 heavy (non-hydrogen) atoms. The van der Waals surface area contributed by atoms with Gasteiger partial charge in [0, 0.05) is 13.7 Å². The lowest BCUT2D eigenvalue weighted by Crippen LogP contribution is -2.46. The molecule has 1 heterocycles. The molecular formula is C18H32O5. The van der Waals surface area contributed by atoms with Gasteiger partial charge in [0.05, 0.1) is 18.8 Å². The molecule has 134 valence electrons. The molecule has 1 spiro atoms. The lowest BCUT2D eigenvalue weighted by atomic mass is 9.67. The maximum Gasteiger partial charge on any atom is 0.163 e. The first-order valence-electron chi connectivity index (χ1n) is 8.97. The maximum atomic E-state index is 9.24. The van der Waals surface area contributed by atoms with Gasteiger partial charge in [-0.15, -0.1) is 0 Å². The fourth-order valence-corrected chi connectivity index (χ4v) is 5.21. The third kappa shape index (κ3) is 3.31. The second-order valence-electron chi connectivity index (χ2n) is 8.17. The lowest BCUT2D eigenvalue weighted by molar-refractivity contribution is -0.184. The first-order chi connectivity index (χ1) is 11.0. The summed E-state index contributed by atoms with van der Waals surface area (Å²) in [6.45, 7) is 6.14. The molecule has 2 bridgehead atoms. The Hall–Kier alpha value is -0.200. The normalized spacial score (nSPS) is 41.7. The van der Waals surface area contributed by atoms with Crippen LogP contribution in [-0.2, 0) is 18.9 Å². The zero-order valence-corrected chi connectivity index (χ0v) is 14.8. The van der Waals surface area contributed by atoms with Crippen molar-refractivity contribution in [3.05, 3.63) is 0 Å². The van der Waals surface area contributed by atoms with Crippen LogP contribution in [0, 0.1) is 17.3 Å². The van der Waals surface area contributed by atoms with E-state index in [0.717, 1.165) is 45.1 Å². The van der Waals surface area contributed by atoms with Crippen molar-refractivity contribution in [3.63, 3.8) is 0 Å². The minimum atomic E-state index is -0.463. The molecule has 1 saturated heterocycles. The predicted octanol–water partition coefficient (Wildman–Crippen LogP) is 2.71. The Labute approximate surface area is 139 Å². The minimum Gasteiger partial charge on any atom is -0.396 e. The standard InChI is InChI=1S/C18H32O5/c1-16(2)22-12-18(23-16)7-6-17(11-21-13-20-3)10-15(18)9-14(17)5-4-8-19/h14-15,19H,4-13H2,1-3H3/t14-,15+,17+,18-/m0/s1. The molecule has 0 aromatic heterocycles. The summed E-state index contributed by atoms with van der Waals surface area (Å²) < 4.78 is 23.2. The number of aliphatic hydroxyl groups excluding tert-OH is 1. The highest BCUT2D eigenvalue weighted by atomic mass is 16.8. The highest BCUT2D eigenvalue weighted by Crippen LogP contribution is 2.62. The number of rotatable bonds is 7. The molecule has 1 N–H and O–H groups in total. The van der Waals surface area contributed by atoms with E-state index in [1.165, 1.54) is 0 Å². The van der Waals surface area contributed by atoms with E-state index >= 15 is 0 Å². The summed E-state index contributed by atoms with van der Waals surface area (Å²) in [5.41, 5.74) is 0.113. The second kappa shape index (κ2) is 6.60. The van der Waals surface area contributed by atoms with Crippen LogP contribution < -0.4 is 0 Å². The number of ether oxygens (including phenoxy) is 4. The molecule has 0 amide bonds. The van der Waals surface area contributed by atoms with E-state index < -0.39 is 5.79 Å². The summed E-state index contributed by atoms with van der Waals surface area (Å²) in [4.78, 5) is 0. The van der Waals surface area contributed by atoms with E-state index in [2.05, 4.69) is 0 Å². The van der Waals surface area contributed by atoms with Crippen LogP contribution in [0.25, 0.3) is 0 Å². The molecule has 0 radical (unpaired) electrons. The van der Waals surface area contributed by atoms with Crippen LogP contribution >= 0.6 is 0 Å². The fourth-order valence-electron chi connectivity index (χ4n) is 5.21. The quantitative estimate of drug-likeness (QED) is 0.575. The van der Waals surface area contributed by atoms with Crippen LogP contribution in [0.4, 0.5) is 0 Å². The molecule has 1 aliphatic heterocycles. The second-order valence-corrected chi connectivity index (χ2v) is 8.17. The smallest absolute Gasteiger partial charge is 0.163 e. The van der Waals surface area contributed by atoms with Crippen molar-refractivity contribution < 1.29 is 24.1 Å². The molecule has 3 aliphatic rings. The van der Waals surface area contributed by atoms with Crippen LogP contribution in [0.2, 0.25) is 0 Å². The van der Waals surface area contributed by atoms with Crippen molar-refractivity contribution >= 4 is 0 Å². The first-order valence-corrected chi connectivity index (χ1v) is 8.97. The Morgan fingerprint density at radius 2 is 2.09 bits per heavy atom. The Morgan fingerprint density at radius 1 is 1.26 bits per heavy atom. The highest BCUT2D eigenvalue weighted by molar-refractivity contribution is 5.09. The number of methoxy groups -OCH3 is 1. The Balaban J connectivity index is 1.73. The van der Waals surface area contributed by atoms with Crippen LogP contribution in [0.3, 0.4) is 0 Å². The van der Waals surface area contributed by atoms with E-state index in [9.17, 15) is 5.11 Å². The third-order valence-electron chi connectivity index (χ3n) is 6.29. The van der Waals surface area contributed by atoms with E-state index in [1.807, 2.05) is 13.8 Å². The van der Waals surface area contributed by atoms with Crippen LogP contribution in [-0.4, -0.2) is 50.2 Å². The zero-order valence-electron chi connectivity index (χ0n) is 14.8. The molecule has 2 saturated carbocycles. The summed E-state index contributed by atoms with van der Waals surface area (Å²) >= 11 is 0. The minimum absolute atomic E-state index is 0.109. The van der Waals surface area contributed by atoms with Gasteiger partial charge in [-0.25, -0.2) is 0 Å². The first kappa shape index (κ1) is 17.6. The van der Waals surface area contributed by atoms with Gasteiger partial charge in [-0.05, 0) is 69.6 Å². The van der Waals surface area contributed by atoms with Gasteiger partial charge in [-0.2, -0.15) is 0 Å². The highest BCUT2D eigenvalue weighted by Gasteiger charge is 2.61. The lowest BCUT2D eigenvalue weighted by Gasteiger charge is -2.44. The van der Waals surface area contributed by atoms with E-state index in [1.54, 1.807) is 7.11 Å². The molecule has 0 unspecified atom stereocenters.